The summed E-state index contributed by atoms with van der Waals surface area (Å²) in [7, 11) is 3.16. The minimum atomic E-state index is -0.0713. The number of halogens is 1. The highest BCUT2D eigenvalue weighted by Crippen LogP contribution is 2.50. The van der Waals surface area contributed by atoms with E-state index in [0.29, 0.717) is 33.4 Å². The molecule has 0 spiro atoms. The summed E-state index contributed by atoms with van der Waals surface area (Å²) in [5.41, 5.74) is 6.89. The zero-order valence-electron chi connectivity index (χ0n) is 12.3. The number of benzene rings is 1. The largest absolute Gasteiger partial charge is 0.495 e. The van der Waals surface area contributed by atoms with Crippen LogP contribution in [0.25, 0.3) is 0 Å². The van der Waals surface area contributed by atoms with Crippen molar-refractivity contribution in [1.82, 2.24) is 0 Å². The van der Waals surface area contributed by atoms with Gasteiger partial charge >= 0.3 is 0 Å². The summed E-state index contributed by atoms with van der Waals surface area (Å²) in [6.45, 7) is 0. The number of carbonyl (C=O) groups is 1. The molecule has 4 atom stereocenters. The summed E-state index contributed by atoms with van der Waals surface area (Å²) in [6.07, 6.45) is 3.38. The van der Waals surface area contributed by atoms with Gasteiger partial charge in [0.05, 0.1) is 19.8 Å². The minimum Gasteiger partial charge on any atom is -0.495 e. The molecule has 2 bridgehead atoms. The smallest absolute Gasteiger partial charge is 0.171 e. The Labute approximate surface area is 133 Å². The quantitative estimate of drug-likeness (QED) is 0.845. The van der Waals surface area contributed by atoms with Crippen molar-refractivity contribution < 1.29 is 14.3 Å². The molecular formula is C16H20BrNO3. The molecule has 2 fully saturated rings. The van der Waals surface area contributed by atoms with Gasteiger partial charge in [0.1, 0.15) is 16.0 Å². The van der Waals surface area contributed by atoms with E-state index in [4.69, 9.17) is 15.2 Å². The van der Waals surface area contributed by atoms with Gasteiger partial charge in [0.25, 0.3) is 0 Å². The molecule has 2 aliphatic rings. The third-order valence-corrected chi connectivity index (χ3v) is 5.79. The summed E-state index contributed by atoms with van der Waals surface area (Å²) in [5.74, 6) is 2.17. The highest BCUT2D eigenvalue weighted by molar-refractivity contribution is 9.10. The second-order valence-corrected chi connectivity index (χ2v) is 6.76. The number of hydrogen-bond acceptors (Lipinski definition) is 4. The molecule has 0 saturated heterocycles. The highest BCUT2D eigenvalue weighted by atomic mass is 79.9. The van der Waals surface area contributed by atoms with Crippen molar-refractivity contribution in [2.45, 2.75) is 25.3 Å². The third-order valence-electron chi connectivity index (χ3n) is 5.03. The van der Waals surface area contributed by atoms with E-state index in [1.165, 1.54) is 6.42 Å². The molecule has 1 aromatic carbocycles. The van der Waals surface area contributed by atoms with Gasteiger partial charge < -0.3 is 15.2 Å². The predicted molar refractivity (Wildman–Crippen MR) is 83.9 cm³/mol. The Morgan fingerprint density at radius 3 is 2.52 bits per heavy atom. The molecular weight excluding hydrogens is 334 g/mol. The number of fused-ring (bicyclic) bond motifs is 2. The van der Waals surface area contributed by atoms with Crippen molar-refractivity contribution in [2.24, 2.45) is 23.5 Å². The summed E-state index contributed by atoms with van der Waals surface area (Å²) in [6, 6.07) is 3.56. The lowest BCUT2D eigenvalue weighted by molar-refractivity contribution is 0.0853. The molecule has 3 rings (SSSR count). The standard InChI is InChI=1S/C16H20BrNO3/c1-20-11-6-5-10(16(21-2)13(11)17)15(19)12-8-3-4-9(7-8)14(12)18/h5-6,8-9,12,14H,3-4,7,18H2,1-2H3. The van der Waals surface area contributed by atoms with Crippen molar-refractivity contribution in [3.63, 3.8) is 0 Å². The van der Waals surface area contributed by atoms with Gasteiger partial charge in [0.2, 0.25) is 0 Å². The maximum atomic E-state index is 13.0. The van der Waals surface area contributed by atoms with Gasteiger partial charge in [-0.05, 0) is 59.2 Å². The summed E-state index contributed by atoms with van der Waals surface area (Å²) in [5, 5.41) is 0. The lowest BCUT2D eigenvalue weighted by Crippen LogP contribution is -2.40. The Morgan fingerprint density at radius 1 is 1.24 bits per heavy atom. The van der Waals surface area contributed by atoms with Gasteiger partial charge in [0, 0.05) is 12.0 Å². The van der Waals surface area contributed by atoms with Gasteiger partial charge in [-0.1, -0.05) is 0 Å². The first-order valence-corrected chi connectivity index (χ1v) is 8.08. The molecule has 4 unspecified atom stereocenters. The molecule has 0 radical (unpaired) electrons. The van der Waals surface area contributed by atoms with E-state index in [-0.39, 0.29) is 17.7 Å². The normalized spacial score (nSPS) is 30.5. The topological polar surface area (TPSA) is 61.5 Å². The van der Waals surface area contributed by atoms with Crippen LogP contribution < -0.4 is 15.2 Å². The van der Waals surface area contributed by atoms with Crippen LogP contribution in [0, 0.1) is 17.8 Å². The minimum absolute atomic E-state index is 0.0122. The van der Waals surface area contributed by atoms with Crippen LogP contribution in [0.15, 0.2) is 16.6 Å². The summed E-state index contributed by atoms with van der Waals surface area (Å²) < 4.78 is 11.4. The first kappa shape index (κ1) is 14.9. The Hall–Kier alpha value is -1.07. The zero-order chi connectivity index (χ0) is 15.1. The van der Waals surface area contributed by atoms with E-state index >= 15 is 0 Å². The molecule has 114 valence electrons. The molecule has 0 aliphatic heterocycles. The SMILES string of the molecule is COc1ccc(C(=O)C2C3CCC(C3)C2N)c(OC)c1Br. The van der Waals surface area contributed by atoms with Crippen molar-refractivity contribution in [1.29, 1.82) is 0 Å². The molecule has 4 nitrogen and oxygen atoms in total. The van der Waals surface area contributed by atoms with Crippen LogP contribution in [0.3, 0.4) is 0 Å². The Balaban J connectivity index is 1.97. The van der Waals surface area contributed by atoms with Crippen LogP contribution in [0.2, 0.25) is 0 Å². The molecule has 5 heteroatoms. The summed E-state index contributed by atoms with van der Waals surface area (Å²) >= 11 is 3.45. The average molecular weight is 354 g/mol. The predicted octanol–water partition coefficient (Wildman–Crippen LogP) is 3.02. The fourth-order valence-corrected chi connectivity index (χ4v) is 4.66. The third kappa shape index (κ3) is 2.27. The van der Waals surface area contributed by atoms with Gasteiger partial charge in [-0.15, -0.1) is 0 Å². The van der Waals surface area contributed by atoms with Gasteiger partial charge in [-0.25, -0.2) is 0 Å². The van der Waals surface area contributed by atoms with Crippen LogP contribution in [0.4, 0.5) is 0 Å². The van der Waals surface area contributed by atoms with Crippen molar-refractivity contribution in [3.8, 4) is 11.5 Å². The molecule has 2 saturated carbocycles. The molecule has 2 aliphatic carbocycles. The molecule has 0 heterocycles. The molecule has 1 aromatic rings. The number of Topliss-reactive ketones (excluding diaryl/α,β-unsaturated/α-hetero) is 1. The number of methoxy groups -OCH3 is 2. The van der Waals surface area contributed by atoms with E-state index < -0.39 is 0 Å². The number of ketones is 1. The van der Waals surface area contributed by atoms with Crippen molar-refractivity contribution in [3.05, 3.63) is 22.2 Å². The Bertz CT molecular complexity index is 573. The fraction of sp³-hybridized carbons (Fsp3) is 0.562. The molecule has 0 amide bonds. The molecule has 21 heavy (non-hydrogen) atoms. The lowest BCUT2D eigenvalue weighted by atomic mass is 9.80. The van der Waals surface area contributed by atoms with Crippen LogP contribution in [-0.2, 0) is 0 Å². The second-order valence-electron chi connectivity index (χ2n) is 5.96. The number of carbonyl (C=O) groups excluding carboxylic acids is 1. The first-order chi connectivity index (χ1) is 10.1. The number of hydrogen-bond donors (Lipinski definition) is 1. The van der Waals surface area contributed by atoms with Gasteiger partial charge in [0.15, 0.2) is 5.78 Å². The highest BCUT2D eigenvalue weighted by Gasteiger charge is 2.49. The van der Waals surface area contributed by atoms with E-state index in [0.717, 1.165) is 12.8 Å². The van der Waals surface area contributed by atoms with E-state index in [1.54, 1.807) is 26.4 Å². The average Bonchev–Trinajstić information content (AvgIpc) is 3.07. The van der Waals surface area contributed by atoms with Crippen LogP contribution >= 0.6 is 15.9 Å². The molecule has 0 aromatic heterocycles. The van der Waals surface area contributed by atoms with Gasteiger partial charge in [-0.2, -0.15) is 0 Å². The summed E-state index contributed by atoms with van der Waals surface area (Å²) in [4.78, 5) is 13.0. The molecule has 2 N–H and O–H groups in total. The van der Waals surface area contributed by atoms with Crippen molar-refractivity contribution in [2.75, 3.05) is 14.2 Å². The van der Waals surface area contributed by atoms with E-state index in [1.807, 2.05) is 0 Å². The zero-order valence-corrected chi connectivity index (χ0v) is 13.9. The maximum Gasteiger partial charge on any atom is 0.171 e. The Kier molecular flexibility index (Phi) is 3.97. The lowest BCUT2D eigenvalue weighted by Gasteiger charge is -2.27. The number of ether oxygens (including phenoxy) is 2. The van der Waals surface area contributed by atoms with E-state index in [9.17, 15) is 4.79 Å². The first-order valence-electron chi connectivity index (χ1n) is 7.28. The van der Waals surface area contributed by atoms with Crippen molar-refractivity contribution >= 4 is 21.7 Å². The second kappa shape index (κ2) is 5.61. The number of rotatable bonds is 4. The van der Waals surface area contributed by atoms with Crippen LogP contribution in [0.5, 0.6) is 11.5 Å². The van der Waals surface area contributed by atoms with Gasteiger partial charge in [-0.3, -0.25) is 4.79 Å². The monoisotopic (exact) mass is 353 g/mol. The maximum absolute atomic E-state index is 13.0. The fourth-order valence-electron chi connectivity index (χ4n) is 3.99. The van der Waals surface area contributed by atoms with E-state index in [2.05, 4.69) is 15.9 Å². The van der Waals surface area contributed by atoms with Crippen LogP contribution in [0.1, 0.15) is 29.6 Å². The number of nitrogens with two attached hydrogens (primary N) is 1. The Morgan fingerprint density at radius 2 is 1.95 bits per heavy atom. The van der Waals surface area contributed by atoms with Crippen LogP contribution in [-0.4, -0.2) is 26.0 Å².